The van der Waals surface area contributed by atoms with Crippen LogP contribution in [0.3, 0.4) is 0 Å². The molecule has 184 valence electrons. The summed E-state index contributed by atoms with van der Waals surface area (Å²) in [6.45, 7) is 3.71. The molecule has 2 aromatic rings. The van der Waals surface area contributed by atoms with Crippen LogP contribution in [-0.4, -0.2) is 61.7 Å². The van der Waals surface area contributed by atoms with Crippen LogP contribution in [0.5, 0.6) is 0 Å². The van der Waals surface area contributed by atoms with Crippen LogP contribution in [0, 0.1) is 0 Å². The number of oxime groups is 1. The fourth-order valence-electron chi connectivity index (χ4n) is 3.96. The summed E-state index contributed by atoms with van der Waals surface area (Å²) in [5.41, 5.74) is 6.32. The van der Waals surface area contributed by atoms with E-state index in [0.29, 0.717) is 16.9 Å². The minimum Gasteiger partial charge on any atom is -0.417 e. The summed E-state index contributed by atoms with van der Waals surface area (Å²) in [5.74, 6) is -2.61. The third-order valence-corrected chi connectivity index (χ3v) is 7.64. The Bertz CT molecular complexity index is 1380. The number of anilines is 1. The Kier molecular flexibility index (Phi) is 5.97. The number of rotatable bonds is 6. The van der Waals surface area contributed by atoms with Gasteiger partial charge in [-0.25, -0.2) is 14.6 Å². The number of carbonyl (C=O) groups excluding carboxylic acids is 4. The van der Waals surface area contributed by atoms with Crippen LogP contribution in [0.25, 0.3) is 0 Å². The Labute approximate surface area is 211 Å². The second-order valence-corrected chi connectivity index (χ2v) is 9.68. The normalized spacial score (nSPS) is 22.8. The van der Waals surface area contributed by atoms with Crippen molar-refractivity contribution < 1.29 is 33.9 Å². The maximum Gasteiger partial charge on any atom is 0.358 e. The van der Waals surface area contributed by atoms with Crippen LogP contribution in [-0.2, 0) is 23.9 Å². The topological polar surface area (TPSA) is 174 Å². The number of cyclic esters (lactones) is 1. The lowest BCUT2D eigenvalue weighted by Crippen LogP contribution is -2.71. The second-order valence-electron chi connectivity index (χ2n) is 7.69. The van der Waals surface area contributed by atoms with Crippen molar-refractivity contribution >= 4 is 57.7 Å². The van der Waals surface area contributed by atoms with Crippen LogP contribution in [0.2, 0.25) is 0 Å². The Morgan fingerprint density at radius 2 is 2.14 bits per heavy atom. The van der Waals surface area contributed by atoms with E-state index >= 15 is 0 Å². The number of thioether (sulfide) groups is 1. The van der Waals surface area contributed by atoms with Crippen molar-refractivity contribution in [2.75, 3.05) is 11.5 Å². The number of hydrogen-bond acceptors (Lipinski definition) is 12. The summed E-state index contributed by atoms with van der Waals surface area (Å²) in [7, 11) is 0. The van der Waals surface area contributed by atoms with Gasteiger partial charge in [-0.3, -0.25) is 14.5 Å². The van der Waals surface area contributed by atoms with Crippen LogP contribution in [0.4, 0.5) is 5.13 Å². The van der Waals surface area contributed by atoms with Gasteiger partial charge in [0.15, 0.2) is 10.8 Å². The van der Waals surface area contributed by atoms with E-state index in [4.69, 9.17) is 15.2 Å². The van der Waals surface area contributed by atoms with E-state index in [9.17, 15) is 24.4 Å². The fourth-order valence-corrected chi connectivity index (χ4v) is 5.85. The first kappa shape index (κ1) is 23.6. The molecule has 5 rings (SSSR count). The lowest BCUT2D eigenvalue weighted by atomic mass is 10.0. The molecule has 3 aliphatic rings. The van der Waals surface area contributed by atoms with Crippen molar-refractivity contribution in [3.05, 3.63) is 70.4 Å². The van der Waals surface area contributed by atoms with Gasteiger partial charge in [-0.15, -0.1) is 23.1 Å². The summed E-state index contributed by atoms with van der Waals surface area (Å²) < 4.78 is 10.6. The predicted octanol–water partition coefficient (Wildman–Crippen LogP) is 1.16. The number of amides is 2. The molecule has 0 saturated carbocycles. The van der Waals surface area contributed by atoms with Gasteiger partial charge in [-0.05, 0) is 11.6 Å². The number of thiazole rings is 1. The van der Waals surface area contributed by atoms with E-state index < -0.39 is 47.2 Å². The van der Waals surface area contributed by atoms with Crippen molar-refractivity contribution in [3.63, 3.8) is 0 Å². The van der Waals surface area contributed by atoms with E-state index in [1.54, 1.807) is 24.3 Å². The van der Waals surface area contributed by atoms with Gasteiger partial charge >= 0.3 is 11.9 Å². The Morgan fingerprint density at radius 3 is 2.83 bits per heavy atom. The number of nitrogens with two attached hydrogens (primary N) is 1. The van der Waals surface area contributed by atoms with Crippen LogP contribution >= 0.6 is 23.1 Å². The molecule has 1 aromatic heterocycles. The molecule has 0 radical (unpaired) electrons. The lowest BCUT2D eigenvalue weighted by molar-refractivity contribution is -0.168. The molecular formula is C22H17N5O7S2. The zero-order valence-corrected chi connectivity index (χ0v) is 19.9. The molecule has 3 atom stereocenters. The van der Waals surface area contributed by atoms with Gasteiger partial charge in [0.2, 0.25) is 0 Å². The number of nitrogens with zero attached hydrogens (tertiary/aromatic N) is 3. The standard InChI is InChI=1S/C22H17N5O7S2/c1-2-9-7-35-18-14(25-16(28)13(26-32)12-8-36-22(23)24-12)17(29)27(18)15(9)20(31)34-21-11-6-4-3-5-10(11)19(30)33-21/h2-6,8,14,18,21,32H,1,7H2,(H2,23,24)(H,25,28)/t14?,18-,21?/m0/s1. The molecule has 36 heavy (non-hydrogen) atoms. The molecule has 12 nitrogen and oxygen atoms in total. The van der Waals surface area contributed by atoms with Crippen LogP contribution < -0.4 is 11.1 Å². The first-order valence-corrected chi connectivity index (χ1v) is 12.3. The number of aromatic nitrogens is 1. The maximum absolute atomic E-state index is 13.2. The number of carbonyl (C=O) groups is 4. The van der Waals surface area contributed by atoms with Crippen molar-refractivity contribution in [3.8, 4) is 0 Å². The number of allylic oxidation sites excluding steroid dienone is 1. The van der Waals surface area contributed by atoms with Crippen molar-refractivity contribution in [2.45, 2.75) is 17.7 Å². The highest BCUT2D eigenvalue weighted by Gasteiger charge is 2.55. The molecule has 14 heteroatoms. The number of esters is 2. The Balaban J connectivity index is 1.33. The second kappa shape index (κ2) is 9.13. The number of nitrogen functional groups attached to an aromatic ring is 1. The van der Waals surface area contributed by atoms with E-state index in [0.717, 1.165) is 11.3 Å². The van der Waals surface area contributed by atoms with Gasteiger partial charge in [0, 0.05) is 16.7 Å². The number of hydrogen-bond donors (Lipinski definition) is 3. The molecule has 3 aliphatic heterocycles. The number of nitrogens with one attached hydrogen (secondary N) is 1. The highest BCUT2D eigenvalue weighted by Crippen LogP contribution is 2.42. The van der Waals surface area contributed by atoms with Gasteiger partial charge < -0.3 is 25.7 Å². The number of fused-ring (bicyclic) bond motifs is 2. The van der Waals surface area contributed by atoms with Crippen LogP contribution in [0.15, 0.2) is 58.7 Å². The highest BCUT2D eigenvalue weighted by molar-refractivity contribution is 8.00. The molecule has 4 N–H and O–H groups in total. The number of β-lactam (4-membered cyclic amide) rings is 1. The first-order chi connectivity index (χ1) is 17.3. The maximum atomic E-state index is 13.2. The third-order valence-electron chi connectivity index (χ3n) is 5.67. The lowest BCUT2D eigenvalue weighted by Gasteiger charge is -2.49. The summed E-state index contributed by atoms with van der Waals surface area (Å²) >= 11 is 2.36. The van der Waals surface area contributed by atoms with Crippen molar-refractivity contribution in [1.82, 2.24) is 15.2 Å². The van der Waals surface area contributed by atoms with E-state index in [-0.39, 0.29) is 22.1 Å². The van der Waals surface area contributed by atoms with Gasteiger partial charge in [0.1, 0.15) is 22.8 Å². The zero-order valence-electron chi connectivity index (χ0n) is 18.2. The summed E-state index contributed by atoms with van der Waals surface area (Å²) in [5, 5.41) is 15.8. The minimum absolute atomic E-state index is 0.0481. The average Bonchev–Trinajstić information content (AvgIpc) is 3.44. The molecule has 2 amide bonds. The smallest absolute Gasteiger partial charge is 0.358 e. The van der Waals surface area contributed by atoms with Gasteiger partial charge in [0.05, 0.1) is 5.56 Å². The molecule has 0 bridgehead atoms. The monoisotopic (exact) mass is 527 g/mol. The van der Waals surface area contributed by atoms with E-state index in [1.807, 2.05) is 0 Å². The molecule has 1 fully saturated rings. The molecule has 1 saturated heterocycles. The highest BCUT2D eigenvalue weighted by atomic mass is 32.2. The van der Waals surface area contributed by atoms with Gasteiger partial charge in [0.25, 0.3) is 18.1 Å². The summed E-state index contributed by atoms with van der Waals surface area (Å²) in [6.07, 6.45) is 0.185. The zero-order chi connectivity index (χ0) is 25.6. The third kappa shape index (κ3) is 3.79. The average molecular weight is 528 g/mol. The quantitative estimate of drug-likeness (QED) is 0.163. The largest absolute Gasteiger partial charge is 0.417 e. The number of benzene rings is 1. The Hall–Kier alpha value is -4.17. The van der Waals surface area contributed by atoms with Gasteiger partial charge in [-0.2, -0.15) is 0 Å². The van der Waals surface area contributed by atoms with E-state index in [1.165, 1.54) is 28.1 Å². The molecule has 0 aliphatic carbocycles. The molecule has 2 unspecified atom stereocenters. The summed E-state index contributed by atoms with van der Waals surface area (Å²) in [4.78, 5) is 56.1. The molecule has 0 spiro atoms. The fraction of sp³-hybridized carbons (Fsp3) is 0.182. The predicted molar refractivity (Wildman–Crippen MR) is 128 cm³/mol. The SMILES string of the molecule is C=CC1=C(C(=O)OC2OC(=O)c3ccccc32)N2C(=O)C(NC(=O)C(=NO)c3csc(N)n3)[C@@H]2SC1. The van der Waals surface area contributed by atoms with Crippen molar-refractivity contribution in [1.29, 1.82) is 0 Å². The van der Waals surface area contributed by atoms with Gasteiger partial charge in [-0.1, -0.05) is 36.0 Å². The minimum atomic E-state index is -1.26. The Morgan fingerprint density at radius 1 is 1.36 bits per heavy atom. The van der Waals surface area contributed by atoms with Crippen molar-refractivity contribution in [2.24, 2.45) is 5.16 Å². The number of ether oxygens (including phenoxy) is 2. The first-order valence-electron chi connectivity index (χ1n) is 10.4. The molecule has 1 aromatic carbocycles. The van der Waals surface area contributed by atoms with E-state index in [2.05, 4.69) is 22.0 Å². The summed E-state index contributed by atoms with van der Waals surface area (Å²) in [6, 6.07) is 5.50. The molecular weight excluding hydrogens is 510 g/mol. The molecule has 4 heterocycles. The van der Waals surface area contributed by atoms with Crippen LogP contribution in [0.1, 0.15) is 27.9 Å².